The number of aryl methyl sites for hydroxylation is 1. The molecule has 170 valence electrons. The van der Waals surface area contributed by atoms with Crippen molar-refractivity contribution in [3.8, 4) is 17.2 Å². The summed E-state index contributed by atoms with van der Waals surface area (Å²) in [7, 11) is 1.52. The molecule has 0 fully saturated rings. The highest BCUT2D eigenvalue weighted by Crippen LogP contribution is 2.46. The third-order valence-corrected chi connectivity index (χ3v) is 6.26. The number of hydrogen-bond donors (Lipinski definition) is 2. The lowest BCUT2D eigenvalue weighted by atomic mass is 9.94. The molecule has 0 saturated heterocycles. The first-order valence-electron chi connectivity index (χ1n) is 10.3. The second-order valence-electron chi connectivity index (χ2n) is 7.48. The van der Waals surface area contributed by atoms with Crippen molar-refractivity contribution in [1.29, 1.82) is 0 Å². The van der Waals surface area contributed by atoms with E-state index in [9.17, 15) is 19.8 Å². The van der Waals surface area contributed by atoms with Gasteiger partial charge in [0.05, 0.1) is 35.9 Å². The molecule has 0 radical (unpaired) electrons. The molecule has 1 aliphatic heterocycles. The third kappa shape index (κ3) is 3.93. The average Bonchev–Trinajstić information content (AvgIpc) is 3.43. The first-order valence-corrected chi connectivity index (χ1v) is 11.2. The van der Waals surface area contributed by atoms with E-state index in [0.717, 1.165) is 5.56 Å². The third-order valence-electron chi connectivity index (χ3n) is 5.39. The average molecular weight is 466 g/mol. The number of methoxy groups -OCH3 is 1. The Morgan fingerprint density at radius 2 is 1.91 bits per heavy atom. The van der Waals surface area contributed by atoms with Gasteiger partial charge in [-0.25, -0.2) is 0 Å². The van der Waals surface area contributed by atoms with Gasteiger partial charge in [-0.1, -0.05) is 18.2 Å². The maximum absolute atomic E-state index is 13.4. The fraction of sp³-hybridized carbons (Fsp3) is 0.200. The van der Waals surface area contributed by atoms with Crippen molar-refractivity contribution in [2.24, 2.45) is 0 Å². The molecule has 2 aromatic carbocycles. The fourth-order valence-electron chi connectivity index (χ4n) is 3.90. The molecule has 1 atom stereocenters. The molecule has 7 nitrogen and oxygen atoms in total. The molecule has 33 heavy (non-hydrogen) atoms. The molecule has 1 aromatic heterocycles. The highest BCUT2D eigenvalue weighted by atomic mass is 32.1. The number of thiophene rings is 1. The summed E-state index contributed by atoms with van der Waals surface area (Å²) in [5, 5.41) is 23.2. The fourth-order valence-corrected chi connectivity index (χ4v) is 4.58. The van der Waals surface area contributed by atoms with Crippen LogP contribution in [-0.4, -0.2) is 35.6 Å². The molecular formula is C25H23NO6S. The number of aromatic hydroxyl groups is 1. The summed E-state index contributed by atoms with van der Waals surface area (Å²) in [5.41, 5.74) is 1.46. The number of benzene rings is 2. The van der Waals surface area contributed by atoms with Gasteiger partial charge in [-0.05, 0) is 60.7 Å². The number of anilines is 1. The smallest absolute Gasteiger partial charge is 0.294 e. The van der Waals surface area contributed by atoms with Crippen LogP contribution < -0.4 is 14.4 Å². The number of ketones is 1. The number of phenols is 1. The molecule has 0 bridgehead atoms. The van der Waals surface area contributed by atoms with Crippen LogP contribution in [0.5, 0.6) is 17.2 Å². The van der Waals surface area contributed by atoms with E-state index < -0.39 is 23.5 Å². The van der Waals surface area contributed by atoms with E-state index in [2.05, 4.69) is 0 Å². The van der Waals surface area contributed by atoms with E-state index in [1.165, 1.54) is 29.4 Å². The van der Waals surface area contributed by atoms with Gasteiger partial charge >= 0.3 is 0 Å². The Hall–Kier alpha value is -3.78. The van der Waals surface area contributed by atoms with Gasteiger partial charge in [-0.15, -0.1) is 11.3 Å². The van der Waals surface area contributed by atoms with Crippen LogP contribution in [0.2, 0.25) is 0 Å². The Bertz CT molecular complexity index is 1250. The Morgan fingerprint density at radius 1 is 1.12 bits per heavy atom. The van der Waals surface area contributed by atoms with E-state index in [1.54, 1.807) is 47.8 Å². The van der Waals surface area contributed by atoms with E-state index in [-0.39, 0.29) is 17.0 Å². The molecule has 1 aliphatic rings. The van der Waals surface area contributed by atoms with Crippen LogP contribution in [0.3, 0.4) is 0 Å². The molecule has 0 saturated carbocycles. The lowest BCUT2D eigenvalue weighted by molar-refractivity contribution is -0.117. The molecule has 2 N–H and O–H groups in total. The van der Waals surface area contributed by atoms with Crippen LogP contribution in [0.25, 0.3) is 0 Å². The number of hydrogen-bond acceptors (Lipinski definition) is 7. The zero-order valence-electron chi connectivity index (χ0n) is 18.4. The Labute approximate surface area is 195 Å². The van der Waals surface area contributed by atoms with Gasteiger partial charge in [0.1, 0.15) is 5.75 Å². The Kier molecular flexibility index (Phi) is 6.11. The highest BCUT2D eigenvalue weighted by molar-refractivity contribution is 7.12. The number of amides is 1. The topological polar surface area (TPSA) is 96.3 Å². The number of rotatable bonds is 7. The zero-order chi connectivity index (χ0) is 23.7. The van der Waals surface area contributed by atoms with Gasteiger partial charge in [-0.3, -0.25) is 14.5 Å². The quantitative estimate of drug-likeness (QED) is 0.479. The van der Waals surface area contributed by atoms with Crippen molar-refractivity contribution < 1.29 is 29.3 Å². The van der Waals surface area contributed by atoms with Gasteiger partial charge in [0, 0.05) is 0 Å². The molecule has 0 aliphatic carbocycles. The maximum Gasteiger partial charge on any atom is 0.294 e. The first kappa shape index (κ1) is 22.4. The van der Waals surface area contributed by atoms with E-state index in [4.69, 9.17) is 9.47 Å². The first-order chi connectivity index (χ1) is 15.9. The molecule has 1 amide bonds. The normalized spacial score (nSPS) is 15.8. The number of carbonyl (C=O) groups is 2. The molecule has 4 rings (SSSR count). The van der Waals surface area contributed by atoms with Gasteiger partial charge in [0.25, 0.3) is 5.91 Å². The summed E-state index contributed by atoms with van der Waals surface area (Å²) >= 11 is 1.22. The number of carbonyl (C=O) groups excluding carboxylic acids is 2. The van der Waals surface area contributed by atoms with Gasteiger partial charge in [-0.2, -0.15) is 0 Å². The number of phenolic OH excluding ortho intramolecular Hbond substituents is 1. The molecule has 3 aromatic rings. The summed E-state index contributed by atoms with van der Waals surface area (Å²) in [6.07, 6.45) is 0. The van der Waals surface area contributed by atoms with Crippen LogP contribution in [0, 0.1) is 6.92 Å². The van der Waals surface area contributed by atoms with Crippen molar-refractivity contribution in [1.82, 2.24) is 0 Å². The molecule has 2 heterocycles. The number of Topliss-reactive ketones (excluding diaryl/α,β-unsaturated/α-hetero) is 1. The molecule has 1 unspecified atom stereocenters. The van der Waals surface area contributed by atoms with Crippen molar-refractivity contribution in [3.63, 3.8) is 0 Å². The Balaban J connectivity index is 1.93. The van der Waals surface area contributed by atoms with E-state index >= 15 is 0 Å². The van der Waals surface area contributed by atoms with Crippen LogP contribution >= 0.6 is 11.3 Å². The van der Waals surface area contributed by atoms with E-state index in [1.807, 2.05) is 13.8 Å². The minimum atomic E-state index is -0.982. The SMILES string of the molecule is CCOc1cc(C2C(C(=O)c3cccs3)=C(O)C(=O)N2c2cc(C)ccc2O)ccc1OC. The van der Waals surface area contributed by atoms with Gasteiger partial charge in [0.2, 0.25) is 5.78 Å². The van der Waals surface area contributed by atoms with E-state index in [0.29, 0.717) is 28.5 Å². The summed E-state index contributed by atoms with van der Waals surface area (Å²) in [4.78, 5) is 28.3. The monoisotopic (exact) mass is 465 g/mol. The van der Waals surface area contributed by atoms with Gasteiger partial charge < -0.3 is 19.7 Å². The van der Waals surface area contributed by atoms with Crippen molar-refractivity contribution in [2.75, 3.05) is 18.6 Å². The van der Waals surface area contributed by atoms with Crippen LogP contribution in [0.1, 0.15) is 33.8 Å². The molecule has 8 heteroatoms. The summed E-state index contributed by atoms with van der Waals surface area (Å²) < 4.78 is 11.1. The number of aliphatic hydroxyl groups is 1. The minimum Gasteiger partial charge on any atom is -0.506 e. The summed E-state index contributed by atoms with van der Waals surface area (Å²) in [5.74, 6) is -1.08. The van der Waals surface area contributed by atoms with Crippen molar-refractivity contribution >= 4 is 28.7 Å². The summed E-state index contributed by atoms with van der Waals surface area (Å²) in [6.45, 7) is 4.04. The maximum atomic E-state index is 13.4. The van der Waals surface area contributed by atoms with Crippen LogP contribution in [-0.2, 0) is 4.79 Å². The highest BCUT2D eigenvalue weighted by Gasteiger charge is 2.46. The number of ether oxygens (including phenoxy) is 2. The van der Waals surface area contributed by atoms with Crippen LogP contribution in [0.15, 0.2) is 65.2 Å². The zero-order valence-corrected chi connectivity index (χ0v) is 19.2. The lowest BCUT2D eigenvalue weighted by Crippen LogP contribution is -2.31. The van der Waals surface area contributed by atoms with Crippen molar-refractivity contribution in [3.05, 3.63) is 81.2 Å². The second-order valence-corrected chi connectivity index (χ2v) is 8.43. The second kappa shape index (κ2) is 8.99. The van der Waals surface area contributed by atoms with Crippen LogP contribution in [0.4, 0.5) is 5.69 Å². The minimum absolute atomic E-state index is 0.0593. The predicted octanol–water partition coefficient (Wildman–Crippen LogP) is 4.95. The predicted molar refractivity (Wildman–Crippen MR) is 126 cm³/mol. The number of nitrogens with zero attached hydrogens (tertiary/aromatic N) is 1. The Morgan fingerprint density at radius 3 is 2.58 bits per heavy atom. The van der Waals surface area contributed by atoms with Gasteiger partial charge in [0.15, 0.2) is 17.3 Å². The number of aliphatic hydroxyl groups excluding tert-OH is 1. The molecule has 0 spiro atoms. The lowest BCUT2D eigenvalue weighted by Gasteiger charge is -2.28. The summed E-state index contributed by atoms with van der Waals surface area (Å²) in [6, 6.07) is 12.3. The standard InChI is InChI=1S/C25H23NO6S/c1-4-32-19-13-15(8-10-18(19)31-3)22-21(23(28)20-6-5-11-33-20)24(29)25(30)26(22)16-12-14(2)7-9-17(16)27/h5-13,22,27,29H,4H2,1-3H3. The van der Waals surface area contributed by atoms with Crippen molar-refractivity contribution in [2.45, 2.75) is 19.9 Å². The largest absolute Gasteiger partial charge is 0.506 e. The molecular weight excluding hydrogens is 442 g/mol.